The summed E-state index contributed by atoms with van der Waals surface area (Å²) in [4.78, 5) is 1.35. The van der Waals surface area contributed by atoms with Gasteiger partial charge in [0.25, 0.3) is 0 Å². The predicted molar refractivity (Wildman–Crippen MR) is 106 cm³/mol. The van der Waals surface area contributed by atoms with Crippen LogP contribution in [0.3, 0.4) is 0 Å². The normalized spacial score (nSPS) is 16.3. The second-order valence-corrected chi connectivity index (χ2v) is 7.27. The van der Waals surface area contributed by atoms with Gasteiger partial charge in [-0.3, -0.25) is 0 Å². The minimum atomic E-state index is -4.64. The van der Waals surface area contributed by atoms with Gasteiger partial charge >= 0.3 is 12.4 Å². The van der Waals surface area contributed by atoms with E-state index in [-0.39, 0.29) is 17.9 Å². The Kier molecular flexibility index (Phi) is 5.66. The van der Waals surface area contributed by atoms with Crippen LogP contribution in [0.4, 0.5) is 32.0 Å². The first-order valence-corrected chi connectivity index (χ1v) is 9.61. The van der Waals surface area contributed by atoms with Gasteiger partial charge in [-0.1, -0.05) is 30.3 Å². The van der Waals surface area contributed by atoms with Crippen LogP contribution in [-0.2, 0) is 12.7 Å². The lowest BCUT2D eigenvalue weighted by molar-refractivity contribution is -0.193. The fourth-order valence-corrected chi connectivity index (χ4v) is 3.41. The number of hydrogen-bond donors (Lipinski definition) is 0. The molecule has 3 aromatic rings. The van der Waals surface area contributed by atoms with E-state index in [1.165, 1.54) is 35.2 Å². The van der Waals surface area contributed by atoms with E-state index in [0.29, 0.717) is 17.2 Å². The zero-order valence-electron chi connectivity index (χ0n) is 16.5. The molecule has 4 rings (SSSR count). The lowest BCUT2D eigenvalue weighted by Gasteiger charge is -2.37. The van der Waals surface area contributed by atoms with Crippen molar-refractivity contribution in [1.82, 2.24) is 0 Å². The summed E-state index contributed by atoms with van der Waals surface area (Å²) in [6, 6.07) is 17.7. The van der Waals surface area contributed by atoms with Crippen molar-refractivity contribution in [3.05, 3.63) is 83.9 Å². The zero-order valence-corrected chi connectivity index (χ0v) is 16.5. The van der Waals surface area contributed by atoms with Crippen molar-refractivity contribution in [2.45, 2.75) is 25.0 Å². The molecule has 0 bridgehead atoms. The number of alkyl halides is 6. The molecule has 9 heteroatoms. The molecule has 0 fully saturated rings. The van der Waals surface area contributed by atoms with Gasteiger partial charge in [-0.05, 0) is 42.0 Å². The summed E-state index contributed by atoms with van der Waals surface area (Å²) < 4.78 is 90.3. The molecule has 3 aromatic carbocycles. The van der Waals surface area contributed by atoms with Crippen LogP contribution in [0.5, 0.6) is 17.2 Å². The number of para-hydroxylation sites is 1. The average Bonchev–Trinajstić information content (AvgIpc) is 2.73. The number of hydrogen-bond acceptors (Lipinski definition) is 3. The number of ether oxygens (including phenoxy) is 2. The Hall–Kier alpha value is -3.36. The number of fused-ring (bicyclic) bond motifs is 1. The Bertz CT molecular complexity index is 1080. The van der Waals surface area contributed by atoms with Crippen LogP contribution in [0, 0.1) is 0 Å². The third-order valence-corrected chi connectivity index (χ3v) is 4.90. The minimum Gasteiger partial charge on any atom is -0.477 e. The SMILES string of the molecule is FC(F)(F)c1cccc(CN2C[C@H](C(F)(F)F)Oc3ccc(Oc4ccccc4)cc32)c1. The van der Waals surface area contributed by atoms with Crippen LogP contribution in [0.1, 0.15) is 11.1 Å². The van der Waals surface area contributed by atoms with E-state index in [9.17, 15) is 26.3 Å². The summed E-state index contributed by atoms with van der Waals surface area (Å²) in [6.07, 6.45) is -11.3. The molecule has 0 aromatic heterocycles. The molecule has 0 saturated heterocycles. The van der Waals surface area contributed by atoms with Crippen LogP contribution in [0.25, 0.3) is 0 Å². The summed E-state index contributed by atoms with van der Waals surface area (Å²) in [5, 5.41) is 0. The van der Waals surface area contributed by atoms with Gasteiger partial charge in [-0.15, -0.1) is 0 Å². The van der Waals surface area contributed by atoms with Crippen molar-refractivity contribution in [2.24, 2.45) is 0 Å². The van der Waals surface area contributed by atoms with Gasteiger partial charge in [0.2, 0.25) is 6.10 Å². The highest BCUT2D eigenvalue weighted by atomic mass is 19.4. The Morgan fingerprint density at radius 1 is 0.844 bits per heavy atom. The molecule has 0 aliphatic carbocycles. The number of halogens is 6. The van der Waals surface area contributed by atoms with Crippen molar-refractivity contribution < 1.29 is 35.8 Å². The van der Waals surface area contributed by atoms with Gasteiger partial charge in [0.15, 0.2) is 0 Å². The largest absolute Gasteiger partial charge is 0.477 e. The first-order valence-electron chi connectivity index (χ1n) is 9.61. The molecule has 168 valence electrons. The molecule has 1 atom stereocenters. The molecule has 0 amide bonds. The second kappa shape index (κ2) is 8.29. The minimum absolute atomic E-state index is 0.0223. The molecule has 0 unspecified atom stereocenters. The molecule has 3 nitrogen and oxygen atoms in total. The van der Waals surface area contributed by atoms with E-state index >= 15 is 0 Å². The molecular weight excluding hydrogens is 436 g/mol. The third kappa shape index (κ3) is 4.92. The highest BCUT2D eigenvalue weighted by Gasteiger charge is 2.45. The summed E-state index contributed by atoms with van der Waals surface area (Å²) >= 11 is 0. The van der Waals surface area contributed by atoms with Crippen molar-refractivity contribution >= 4 is 5.69 Å². The Balaban J connectivity index is 1.67. The Labute approximate surface area is 179 Å². The summed E-state index contributed by atoms with van der Waals surface area (Å²) in [5.41, 5.74) is -0.337. The van der Waals surface area contributed by atoms with Gasteiger partial charge in [0, 0.05) is 12.6 Å². The van der Waals surface area contributed by atoms with Crippen molar-refractivity contribution in [3.63, 3.8) is 0 Å². The van der Waals surface area contributed by atoms with Gasteiger partial charge in [0.1, 0.15) is 17.2 Å². The molecule has 0 radical (unpaired) electrons. The molecular formula is C23H17F6NO2. The smallest absolute Gasteiger partial charge is 0.427 e. The topological polar surface area (TPSA) is 21.7 Å². The quantitative estimate of drug-likeness (QED) is 0.405. The molecule has 1 aliphatic heterocycles. The lowest BCUT2D eigenvalue weighted by atomic mass is 10.1. The first kappa shape index (κ1) is 21.9. The average molecular weight is 453 g/mol. The fourth-order valence-electron chi connectivity index (χ4n) is 3.41. The fraction of sp³-hybridized carbons (Fsp3) is 0.217. The maximum absolute atomic E-state index is 13.4. The maximum Gasteiger partial charge on any atom is 0.427 e. The van der Waals surface area contributed by atoms with E-state index in [1.54, 1.807) is 24.3 Å². The monoisotopic (exact) mass is 453 g/mol. The number of nitrogens with zero attached hydrogens (tertiary/aromatic N) is 1. The van der Waals surface area contributed by atoms with E-state index < -0.39 is 30.6 Å². The van der Waals surface area contributed by atoms with Crippen LogP contribution in [0.2, 0.25) is 0 Å². The highest BCUT2D eigenvalue weighted by Crippen LogP contribution is 2.41. The number of benzene rings is 3. The summed E-state index contributed by atoms with van der Waals surface area (Å²) in [6.45, 7) is -0.733. The Morgan fingerprint density at radius 2 is 1.59 bits per heavy atom. The molecule has 1 aliphatic rings. The molecule has 1 heterocycles. The van der Waals surface area contributed by atoms with Crippen LogP contribution in [-0.4, -0.2) is 18.8 Å². The van der Waals surface area contributed by atoms with E-state index in [2.05, 4.69) is 0 Å². The lowest BCUT2D eigenvalue weighted by Crippen LogP contribution is -2.47. The molecule has 0 N–H and O–H groups in total. The van der Waals surface area contributed by atoms with Crippen LogP contribution < -0.4 is 14.4 Å². The first-order chi connectivity index (χ1) is 15.1. The highest BCUT2D eigenvalue weighted by molar-refractivity contribution is 5.64. The zero-order chi connectivity index (χ0) is 22.9. The molecule has 0 saturated carbocycles. The molecule has 32 heavy (non-hydrogen) atoms. The standard InChI is InChI=1S/C23H17F6NO2/c24-22(25,26)16-6-4-5-15(11-16)13-30-14-21(23(27,28)29)32-20-10-9-18(12-19(20)30)31-17-7-2-1-3-8-17/h1-12,21H,13-14H2/t21-/m1/s1. The van der Waals surface area contributed by atoms with Gasteiger partial charge < -0.3 is 14.4 Å². The van der Waals surface area contributed by atoms with Crippen molar-refractivity contribution in [2.75, 3.05) is 11.4 Å². The number of anilines is 1. The summed E-state index contributed by atoms with van der Waals surface area (Å²) in [5.74, 6) is 0.866. The van der Waals surface area contributed by atoms with E-state index in [1.807, 2.05) is 6.07 Å². The molecule has 0 spiro atoms. The second-order valence-electron chi connectivity index (χ2n) is 7.27. The van der Waals surface area contributed by atoms with Gasteiger partial charge in [-0.2, -0.15) is 26.3 Å². The Morgan fingerprint density at radius 3 is 2.28 bits per heavy atom. The third-order valence-electron chi connectivity index (χ3n) is 4.90. The van der Waals surface area contributed by atoms with E-state index in [4.69, 9.17) is 9.47 Å². The summed E-state index contributed by atoms with van der Waals surface area (Å²) in [7, 11) is 0. The van der Waals surface area contributed by atoms with Gasteiger partial charge in [-0.25, -0.2) is 0 Å². The predicted octanol–water partition coefficient (Wildman–Crippen LogP) is 6.83. The van der Waals surface area contributed by atoms with Gasteiger partial charge in [0.05, 0.1) is 17.8 Å². The maximum atomic E-state index is 13.4. The van der Waals surface area contributed by atoms with Crippen LogP contribution >= 0.6 is 0 Å². The number of rotatable bonds is 4. The van der Waals surface area contributed by atoms with Crippen molar-refractivity contribution in [3.8, 4) is 17.2 Å². The van der Waals surface area contributed by atoms with E-state index in [0.717, 1.165) is 12.1 Å². The van der Waals surface area contributed by atoms with Crippen molar-refractivity contribution in [1.29, 1.82) is 0 Å². The van der Waals surface area contributed by atoms with Crippen LogP contribution in [0.15, 0.2) is 72.8 Å².